The highest BCUT2D eigenvalue weighted by Crippen LogP contribution is 2.26. The minimum atomic E-state index is 0.148. The summed E-state index contributed by atoms with van der Waals surface area (Å²) in [5.41, 5.74) is 1.48. The molecule has 0 saturated carbocycles. The lowest BCUT2D eigenvalue weighted by Crippen LogP contribution is -2.11. The van der Waals surface area contributed by atoms with Crippen LogP contribution in [0, 0.1) is 0 Å². The van der Waals surface area contributed by atoms with Crippen molar-refractivity contribution in [2.75, 3.05) is 0 Å². The molecule has 62 valence electrons. The first-order valence-corrected chi connectivity index (χ1v) is 4.12. The molecule has 1 aromatic rings. The molecule has 0 aliphatic heterocycles. The number of aryl methyl sites for hydroxylation is 1. The van der Waals surface area contributed by atoms with Gasteiger partial charge in [-0.05, 0) is 18.1 Å². The van der Waals surface area contributed by atoms with Crippen molar-refractivity contribution in [3.8, 4) is 0 Å². The summed E-state index contributed by atoms with van der Waals surface area (Å²) in [7, 11) is 0. The van der Waals surface area contributed by atoms with Gasteiger partial charge in [-0.25, -0.2) is 0 Å². The molecule has 1 aromatic heterocycles. The van der Waals surface area contributed by atoms with Gasteiger partial charge in [-0.1, -0.05) is 27.7 Å². The first-order valence-electron chi connectivity index (χ1n) is 4.12. The Kier molecular flexibility index (Phi) is 2.08. The van der Waals surface area contributed by atoms with E-state index in [1.807, 2.05) is 0 Å². The van der Waals surface area contributed by atoms with Crippen LogP contribution in [0.5, 0.6) is 0 Å². The molecule has 11 heavy (non-hydrogen) atoms. The lowest BCUT2D eigenvalue weighted by Gasteiger charge is -2.16. The second kappa shape index (κ2) is 2.72. The van der Waals surface area contributed by atoms with Crippen LogP contribution in [0.2, 0.25) is 0 Å². The van der Waals surface area contributed by atoms with Crippen molar-refractivity contribution in [2.24, 2.45) is 0 Å². The van der Waals surface area contributed by atoms with E-state index in [1.54, 1.807) is 6.26 Å². The molecular formula is C10H16O. The summed E-state index contributed by atoms with van der Waals surface area (Å²) in [6.45, 7) is 8.67. The van der Waals surface area contributed by atoms with E-state index >= 15 is 0 Å². The van der Waals surface area contributed by atoms with Gasteiger partial charge in [-0.15, -0.1) is 0 Å². The maximum Gasteiger partial charge on any atom is 0.112 e. The molecule has 0 fully saturated rings. The summed E-state index contributed by atoms with van der Waals surface area (Å²) < 4.78 is 5.42. The van der Waals surface area contributed by atoms with Crippen LogP contribution >= 0.6 is 0 Å². The van der Waals surface area contributed by atoms with Gasteiger partial charge in [0.05, 0.1) is 6.26 Å². The van der Waals surface area contributed by atoms with E-state index in [-0.39, 0.29) is 5.41 Å². The van der Waals surface area contributed by atoms with E-state index in [9.17, 15) is 0 Å². The van der Waals surface area contributed by atoms with Gasteiger partial charge >= 0.3 is 0 Å². The molecule has 0 atom stereocenters. The Labute approximate surface area is 68.4 Å². The summed E-state index contributed by atoms with van der Waals surface area (Å²) in [5, 5.41) is 0. The molecule has 0 aromatic carbocycles. The standard InChI is InChI=1S/C10H16O/c1-5-8-6-7-11-9(8)10(2,3)4/h6-7H,5H2,1-4H3. The number of rotatable bonds is 1. The molecule has 0 bridgehead atoms. The van der Waals surface area contributed by atoms with Crippen LogP contribution in [0.3, 0.4) is 0 Å². The minimum Gasteiger partial charge on any atom is -0.469 e. The van der Waals surface area contributed by atoms with E-state index in [2.05, 4.69) is 33.8 Å². The SMILES string of the molecule is CCc1ccoc1C(C)(C)C. The van der Waals surface area contributed by atoms with Crippen LogP contribution in [0.25, 0.3) is 0 Å². The maximum atomic E-state index is 5.42. The Hall–Kier alpha value is -0.720. The average Bonchev–Trinajstić information content (AvgIpc) is 2.31. The highest BCUT2D eigenvalue weighted by molar-refractivity contribution is 5.22. The van der Waals surface area contributed by atoms with Crippen molar-refractivity contribution < 1.29 is 4.42 Å². The molecule has 0 aliphatic rings. The van der Waals surface area contributed by atoms with Crippen molar-refractivity contribution in [1.82, 2.24) is 0 Å². The third kappa shape index (κ3) is 1.65. The van der Waals surface area contributed by atoms with Gasteiger partial charge < -0.3 is 4.42 Å². The van der Waals surface area contributed by atoms with Crippen LogP contribution in [0.15, 0.2) is 16.7 Å². The molecule has 1 heteroatoms. The zero-order chi connectivity index (χ0) is 8.48. The van der Waals surface area contributed by atoms with Gasteiger partial charge in [0.15, 0.2) is 0 Å². The van der Waals surface area contributed by atoms with Crippen LogP contribution < -0.4 is 0 Å². The minimum absolute atomic E-state index is 0.148. The lowest BCUT2D eigenvalue weighted by atomic mass is 9.90. The Morgan fingerprint density at radius 3 is 2.36 bits per heavy atom. The van der Waals surface area contributed by atoms with E-state index in [0.29, 0.717) is 0 Å². The zero-order valence-corrected chi connectivity index (χ0v) is 7.77. The predicted molar refractivity (Wildman–Crippen MR) is 46.8 cm³/mol. The zero-order valence-electron chi connectivity index (χ0n) is 7.77. The third-order valence-electron chi connectivity index (χ3n) is 1.81. The lowest BCUT2D eigenvalue weighted by molar-refractivity contribution is 0.405. The van der Waals surface area contributed by atoms with Crippen molar-refractivity contribution in [2.45, 2.75) is 39.5 Å². The van der Waals surface area contributed by atoms with Crippen LogP contribution in [0.1, 0.15) is 39.0 Å². The van der Waals surface area contributed by atoms with Gasteiger partial charge in [0, 0.05) is 5.41 Å². The fourth-order valence-corrected chi connectivity index (χ4v) is 1.27. The van der Waals surface area contributed by atoms with Crippen molar-refractivity contribution in [3.63, 3.8) is 0 Å². The molecule has 0 saturated heterocycles. The Morgan fingerprint density at radius 1 is 1.36 bits per heavy atom. The molecule has 0 radical (unpaired) electrons. The second-order valence-electron chi connectivity index (χ2n) is 3.88. The summed E-state index contributed by atoms with van der Waals surface area (Å²) in [5.74, 6) is 1.13. The van der Waals surface area contributed by atoms with Gasteiger partial charge in [0.25, 0.3) is 0 Å². The fraction of sp³-hybridized carbons (Fsp3) is 0.600. The van der Waals surface area contributed by atoms with E-state index < -0.39 is 0 Å². The van der Waals surface area contributed by atoms with Gasteiger partial charge in [0.1, 0.15) is 5.76 Å². The molecular weight excluding hydrogens is 136 g/mol. The van der Waals surface area contributed by atoms with Crippen molar-refractivity contribution in [1.29, 1.82) is 0 Å². The molecule has 1 rings (SSSR count). The highest BCUT2D eigenvalue weighted by Gasteiger charge is 2.20. The van der Waals surface area contributed by atoms with Gasteiger partial charge in [-0.2, -0.15) is 0 Å². The van der Waals surface area contributed by atoms with Crippen LogP contribution in [-0.4, -0.2) is 0 Å². The molecule has 0 amide bonds. The first-order chi connectivity index (χ1) is 5.05. The predicted octanol–water partition coefficient (Wildman–Crippen LogP) is 3.14. The topological polar surface area (TPSA) is 13.1 Å². The number of furan rings is 1. The molecule has 1 heterocycles. The monoisotopic (exact) mass is 152 g/mol. The van der Waals surface area contributed by atoms with E-state index in [0.717, 1.165) is 12.2 Å². The second-order valence-corrected chi connectivity index (χ2v) is 3.88. The third-order valence-corrected chi connectivity index (χ3v) is 1.81. The van der Waals surface area contributed by atoms with Gasteiger partial charge in [0.2, 0.25) is 0 Å². The van der Waals surface area contributed by atoms with E-state index in [1.165, 1.54) is 5.56 Å². The van der Waals surface area contributed by atoms with Crippen LogP contribution in [-0.2, 0) is 11.8 Å². The molecule has 1 nitrogen and oxygen atoms in total. The Balaban J connectivity index is 3.02. The Morgan fingerprint density at radius 2 is 2.00 bits per heavy atom. The molecule has 0 aliphatic carbocycles. The first kappa shape index (κ1) is 8.38. The van der Waals surface area contributed by atoms with E-state index in [4.69, 9.17) is 4.42 Å². The summed E-state index contributed by atoms with van der Waals surface area (Å²) in [6, 6.07) is 2.06. The maximum absolute atomic E-state index is 5.42. The summed E-state index contributed by atoms with van der Waals surface area (Å²) in [6.07, 6.45) is 2.84. The quantitative estimate of drug-likeness (QED) is 0.602. The summed E-state index contributed by atoms with van der Waals surface area (Å²) in [4.78, 5) is 0. The number of hydrogen-bond donors (Lipinski definition) is 0. The van der Waals surface area contributed by atoms with Crippen molar-refractivity contribution >= 4 is 0 Å². The highest BCUT2D eigenvalue weighted by atomic mass is 16.3. The molecule has 0 N–H and O–H groups in total. The smallest absolute Gasteiger partial charge is 0.112 e. The van der Waals surface area contributed by atoms with Gasteiger partial charge in [-0.3, -0.25) is 0 Å². The average molecular weight is 152 g/mol. The molecule has 0 spiro atoms. The fourth-order valence-electron chi connectivity index (χ4n) is 1.27. The normalized spacial score (nSPS) is 12.0. The number of hydrogen-bond acceptors (Lipinski definition) is 1. The Bertz CT molecular complexity index is 227. The largest absolute Gasteiger partial charge is 0.469 e. The molecule has 0 unspecified atom stereocenters. The van der Waals surface area contributed by atoms with Crippen molar-refractivity contribution in [3.05, 3.63) is 23.7 Å². The van der Waals surface area contributed by atoms with Crippen LogP contribution in [0.4, 0.5) is 0 Å². The summed E-state index contributed by atoms with van der Waals surface area (Å²) >= 11 is 0.